The number of aryl methyl sites for hydroxylation is 1. The predicted octanol–water partition coefficient (Wildman–Crippen LogP) is 5.64. The molecule has 1 fully saturated rings. The van der Waals surface area contributed by atoms with Gasteiger partial charge < -0.3 is 10.2 Å². The van der Waals surface area contributed by atoms with E-state index < -0.39 is 23.4 Å². The van der Waals surface area contributed by atoms with Crippen LogP contribution in [0.5, 0.6) is 0 Å². The lowest BCUT2D eigenvalue weighted by molar-refractivity contribution is -0.121. The van der Waals surface area contributed by atoms with Crippen LogP contribution in [0, 0.1) is 12.8 Å². The van der Waals surface area contributed by atoms with Gasteiger partial charge in [0.25, 0.3) is 0 Å². The molecular formula is C34H27N3O3. The van der Waals surface area contributed by atoms with Crippen LogP contribution in [0.1, 0.15) is 44.5 Å². The van der Waals surface area contributed by atoms with Crippen LogP contribution < -0.4 is 10.2 Å². The quantitative estimate of drug-likeness (QED) is 0.349. The second-order valence-corrected chi connectivity index (χ2v) is 10.8. The number of hydrogen-bond donors (Lipinski definition) is 1. The highest BCUT2D eigenvalue weighted by Gasteiger charge is 2.70. The molecule has 7 rings (SSSR count). The molecule has 3 aliphatic rings. The zero-order valence-corrected chi connectivity index (χ0v) is 22.2. The molecule has 0 bridgehead atoms. The van der Waals surface area contributed by atoms with Crippen molar-refractivity contribution in [3.63, 3.8) is 0 Å². The molecule has 40 heavy (non-hydrogen) atoms. The summed E-state index contributed by atoms with van der Waals surface area (Å²) >= 11 is 0. The number of nitrogens with zero attached hydrogens (tertiary/aromatic N) is 2. The lowest BCUT2D eigenvalue weighted by Gasteiger charge is -2.39. The molecule has 6 heteroatoms. The van der Waals surface area contributed by atoms with Gasteiger partial charge in [-0.25, -0.2) is 0 Å². The molecule has 0 aliphatic carbocycles. The van der Waals surface area contributed by atoms with Crippen molar-refractivity contribution in [3.8, 4) is 0 Å². The van der Waals surface area contributed by atoms with Crippen LogP contribution >= 0.6 is 0 Å². The summed E-state index contributed by atoms with van der Waals surface area (Å²) in [6.07, 6.45) is 3.64. The Morgan fingerprint density at radius 1 is 0.875 bits per heavy atom. The van der Waals surface area contributed by atoms with Crippen molar-refractivity contribution >= 4 is 34.4 Å². The number of carbonyl (C=O) groups is 3. The summed E-state index contributed by atoms with van der Waals surface area (Å²) in [5.41, 5.74) is 4.72. The van der Waals surface area contributed by atoms with E-state index in [4.69, 9.17) is 0 Å². The minimum atomic E-state index is -1.34. The maximum absolute atomic E-state index is 14.7. The first-order valence-electron chi connectivity index (χ1n) is 13.5. The first-order valence-corrected chi connectivity index (χ1v) is 13.5. The van der Waals surface area contributed by atoms with Crippen molar-refractivity contribution < 1.29 is 14.4 Å². The Bertz CT molecular complexity index is 1730. The van der Waals surface area contributed by atoms with E-state index in [0.717, 1.165) is 28.0 Å². The lowest BCUT2D eigenvalue weighted by Crippen LogP contribution is -2.51. The highest BCUT2D eigenvalue weighted by Crippen LogP contribution is 2.58. The summed E-state index contributed by atoms with van der Waals surface area (Å²) in [6, 6.07) is 26.4. The van der Waals surface area contributed by atoms with Gasteiger partial charge in [-0.3, -0.25) is 19.4 Å². The van der Waals surface area contributed by atoms with Gasteiger partial charge in [-0.05, 0) is 55.3 Å². The van der Waals surface area contributed by atoms with E-state index in [-0.39, 0.29) is 23.2 Å². The Labute approximate surface area is 232 Å². The SMILES string of the molecule is CC1=C[C@@H]2N(c3ccc(C)cc31)[C@H](C(=O)c1ccccc1)[C@H](C(=O)c1ccccn1)[C@@]21C(=O)Nc2ccccc21. The van der Waals surface area contributed by atoms with Crippen molar-refractivity contribution in [2.24, 2.45) is 5.92 Å². The molecule has 1 amide bonds. The van der Waals surface area contributed by atoms with E-state index in [1.807, 2.05) is 73.3 Å². The highest BCUT2D eigenvalue weighted by molar-refractivity contribution is 6.18. The molecule has 4 aromatic rings. The minimum absolute atomic E-state index is 0.201. The van der Waals surface area contributed by atoms with E-state index in [1.165, 1.54) is 0 Å². The first-order chi connectivity index (χ1) is 19.4. The zero-order valence-electron chi connectivity index (χ0n) is 22.2. The highest BCUT2D eigenvalue weighted by atomic mass is 16.2. The fourth-order valence-electron chi connectivity index (χ4n) is 6.99. The Morgan fingerprint density at radius 2 is 1.62 bits per heavy atom. The molecule has 4 atom stereocenters. The van der Waals surface area contributed by atoms with Gasteiger partial charge in [0.1, 0.15) is 17.2 Å². The van der Waals surface area contributed by atoms with Crippen molar-refractivity contribution in [1.82, 2.24) is 4.98 Å². The molecule has 1 N–H and O–H groups in total. The fraction of sp³-hybridized carbons (Fsp3) is 0.176. The number of nitrogens with one attached hydrogen (secondary N) is 1. The van der Waals surface area contributed by atoms with Gasteiger partial charge in [-0.1, -0.05) is 72.3 Å². The monoisotopic (exact) mass is 525 g/mol. The summed E-state index contributed by atoms with van der Waals surface area (Å²) < 4.78 is 0. The van der Waals surface area contributed by atoms with Gasteiger partial charge in [0.05, 0.1) is 12.0 Å². The van der Waals surface area contributed by atoms with Crippen LogP contribution in [0.3, 0.4) is 0 Å². The van der Waals surface area contributed by atoms with Crippen molar-refractivity contribution in [2.45, 2.75) is 31.3 Å². The van der Waals surface area contributed by atoms with Crippen LogP contribution in [0.2, 0.25) is 0 Å². The first kappa shape index (κ1) is 24.2. The minimum Gasteiger partial charge on any atom is -0.352 e. The number of rotatable bonds is 4. The molecule has 0 saturated carbocycles. The van der Waals surface area contributed by atoms with E-state index in [1.54, 1.807) is 36.5 Å². The van der Waals surface area contributed by atoms with Crippen molar-refractivity contribution in [3.05, 3.63) is 131 Å². The number of para-hydroxylation sites is 1. The number of allylic oxidation sites excluding steroid dienone is 1. The number of ketones is 2. The maximum Gasteiger partial charge on any atom is 0.238 e. The molecule has 0 unspecified atom stereocenters. The third-order valence-corrected chi connectivity index (χ3v) is 8.66. The fourth-order valence-corrected chi connectivity index (χ4v) is 6.99. The number of benzene rings is 3. The average Bonchev–Trinajstić information content (AvgIpc) is 3.45. The number of Topliss-reactive ketones (excluding diaryl/α,β-unsaturated/α-hetero) is 2. The van der Waals surface area contributed by atoms with Crippen LogP contribution in [-0.4, -0.2) is 34.5 Å². The molecular weight excluding hydrogens is 498 g/mol. The predicted molar refractivity (Wildman–Crippen MR) is 154 cm³/mol. The summed E-state index contributed by atoms with van der Waals surface area (Å²) in [6.45, 7) is 4.07. The molecule has 3 aromatic carbocycles. The number of anilines is 2. The number of fused-ring (bicyclic) bond motifs is 6. The number of carbonyl (C=O) groups excluding carboxylic acids is 3. The summed E-state index contributed by atoms with van der Waals surface area (Å²) in [5, 5.41) is 3.07. The number of pyridine rings is 1. The normalized spacial score (nSPS) is 24.1. The van der Waals surface area contributed by atoms with Crippen molar-refractivity contribution in [2.75, 3.05) is 10.2 Å². The third-order valence-electron chi connectivity index (χ3n) is 8.66. The zero-order chi connectivity index (χ0) is 27.6. The summed E-state index contributed by atoms with van der Waals surface area (Å²) in [7, 11) is 0. The molecule has 0 radical (unpaired) electrons. The molecule has 1 saturated heterocycles. The van der Waals surface area contributed by atoms with Crippen molar-refractivity contribution in [1.29, 1.82) is 0 Å². The van der Waals surface area contributed by atoms with Gasteiger partial charge in [0, 0.05) is 28.7 Å². The van der Waals surface area contributed by atoms with Crippen LogP contribution in [0.15, 0.2) is 103 Å². The van der Waals surface area contributed by atoms with Crippen LogP contribution in [-0.2, 0) is 10.2 Å². The molecule has 1 aromatic heterocycles. The smallest absolute Gasteiger partial charge is 0.238 e. The summed E-state index contributed by atoms with van der Waals surface area (Å²) in [5.74, 6) is -1.83. The second-order valence-electron chi connectivity index (χ2n) is 10.8. The van der Waals surface area contributed by atoms with Gasteiger partial charge >= 0.3 is 0 Å². The standard InChI is InChI=1S/C34H27N3O3/c1-20-15-16-27-23(18-20)21(2)19-28-34(24-12-6-7-13-25(24)36-33(34)40)29(32(39)26-14-8-9-17-35-26)30(37(27)28)31(38)22-10-4-3-5-11-22/h3-19,28-30H,1-2H3,(H,36,40)/t28-,29+,30-,34-/m0/s1. The Balaban J connectivity index is 1.57. The third kappa shape index (κ3) is 3.22. The Kier molecular flexibility index (Phi) is 5.36. The topological polar surface area (TPSA) is 79.4 Å². The molecule has 4 heterocycles. The largest absolute Gasteiger partial charge is 0.352 e. The number of aromatic nitrogens is 1. The van der Waals surface area contributed by atoms with Gasteiger partial charge in [0.2, 0.25) is 5.91 Å². The Morgan fingerprint density at radius 3 is 2.40 bits per heavy atom. The molecule has 196 valence electrons. The van der Waals surface area contributed by atoms with E-state index in [9.17, 15) is 14.4 Å². The second kappa shape index (κ2) is 8.85. The Hall–Kier alpha value is -4.84. The van der Waals surface area contributed by atoms with Gasteiger partial charge in [-0.2, -0.15) is 0 Å². The molecule has 3 aliphatic heterocycles. The van der Waals surface area contributed by atoms with E-state index >= 15 is 0 Å². The lowest BCUT2D eigenvalue weighted by atomic mass is 9.64. The molecule has 1 spiro atoms. The van der Waals surface area contributed by atoms with E-state index in [2.05, 4.69) is 22.4 Å². The number of amides is 1. The average molecular weight is 526 g/mol. The maximum atomic E-state index is 14.7. The molecule has 6 nitrogen and oxygen atoms in total. The van der Waals surface area contributed by atoms with E-state index in [0.29, 0.717) is 11.3 Å². The number of hydrogen-bond acceptors (Lipinski definition) is 5. The van der Waals surface area contributed by atoms with Gasteiger partial charge in [-0.15, -0.1) is 0 Å². The van der Waals surface area contributed by atoms with Crippen LogP contribution in [0.4, 0.5) is 11.4 Å². The van der Waals surface area contributed by atoms with Crippen LogP contribution in [0.25, 0.3) is 5.57 Å². The summed E-state index contributed by atoms with van der Waals surface area (Å²) in [4.78, 5) is 50.1. The van der Waals surface area contributed by atoms with Gasteiger partial charge in [0.15, 0.2) is 11.6 Å².